The number of nitrogens with zero attached hydrogens (tertiary/aromatic N) is 1. The maximum atomic E-state index is 6.22. The van der Waals surface area contributed by atoms with E-state index >= 15 is 0 Å². The van der Waals surface area contributed by atoms with E-state index in [0.717, 1.165) is 29.2 Å². The van der Waals surface area contributed by atoms with Crippen LogP contribution in [0, 0.1) is 6.92 Å². The van der Waals surface area contributed by atoms with Crippen LogP contribution in [0.5, 0.6) is 11.5 Å². The van der Waals surface area contributed by atoms with Gasteiger partial charge in [-0.3, -0.25) is 4.98 Å². The highest BCUT2D eigenvalue weighted by Crippen LogP contribution is 2.26. The van der Waals surface area contributed by atoms with Crippen LogP contribution >= 0.6 is 11.6 Å². The summed E-state index contributed by atoms with van der Waals surface area (Å²) in [5.41, 5.74) is 2.82. The van der Waals surface area contributed by atoms with Crippen molar-refractivity contribution in [2.45, 2.75) is 20.1 Å². The molecule has 4 nitrogen and oxygen atoms in total. The Labute approximate surface area is 130 Å². The molecule has 0 amide bonds. The van der Waals surface area contributed by atoms with Crippen molar-refractivity contribution < 1.29 is 9.47 Å². The number of halogens is 1. The summed E-state index contributed by atoms with van der Waals surface area (Å²) >= 11 is 6.22. The molecule has 0 saturated carbocycles. The van der Waals surface area contributed by atoms with E-state index in [9.17, 15) is 0 Å². The molecule has 0 radical (unpaired) electrons. The van der Waals surface area contributed by atoms with Crippen molar-refractivity contribution in [2.24, 2.45) is 0 Å². The third-order valence-corrected chi connectivity index (χ3v) is 3.26. The Balaban J connectivity index is 2.07. The van der Waals surface area contributed by atoms with Crippen molar-refractivity contribution in [1.82, 2.24) is 10.3 Å². The van der Waals surface area contributed by atoms with Gasteiger partial charge >= 0.3 is 0 Å². The average Bonchev–Trinajstić information content (AvgIpc) is 2.46. The summed E-state index contributed by atoms with van der Waals surface area (Å²) in [6.45, 7) is 3.05. The molecule has 0 aliphatic carbocycles. The molecule has 2 aromatic rings. The van der Waals surface area contributed by atoms with Gasteiger partial charge in [-0.15, -0.1) is 0 Å². The second-order valence-electron chi connectivity index (χ2n) is 4.72. The van der Waals surface area contributed by atoms with Gasteiger partial charge < -0.3 is 14.8 Å². The van der Waals surface area contributed by atoms with Crippen molar-refractivity contribution in [3.63, 3.8) is 0 Å². The maximum absolute atomic E-state index is 6.22. The van der Waals surface area contributed by atoms with Crippen LogP contribution in [0.4, 0.5) is 0 Å². The highest BCUT2D eigenvalue weighted by atomic mass is 35.5. The number of hydrogen-bond donors (Lipinski definition) is 1. The van der Waals surface area contributed by atoms with E-state index in [1.807, 2.05) is 44.3 Å². The fourth-order valence-electron chi connectivity index (χ4n) is 2.02. The zero-order valence-electron chi connectivity index (χ0n) is 12.4. The monoisotopic (exact) mass is 306 g/mol. The molecular weight excluding hydrogens is 288 g/mol. The molecular formula is C16H19ClN2O2. The number of aromatic nitrogens is 1. The lowest BCUT2D eigenvalue weighted by Gasteiger charge is -2.10. The highest BCUT2D eigenvalue weighted by Gasteiger charge is 2.06. The van der Waals surface area contributed by atoms with E-state index in [0.29, 0.717) is 17.4 Å². The molecule has 0 spiro atoms. The molecule has 112 valence electrons. The molecule has 0 unspecified atom stereocenters. The molecule has 0 aliphatic heterocycles. The molecule has 21 heavy (non-hydrogen) atoms. The number of rotatable bonds is 6. The van der Waals surface area contributed by atoms with Gasteiger partial charge in [-0.2, -0.15) is 0 Å². The van der Waals surface area contributed by atoms with Crippen LogP contribution in [-0.2, 0) is 13.2 Å². The van der Waals surface area contributed by atoms with Gasteiger partial charge in [0.1, 0.15) is 18.1 Å². The predicted molar refractivity (Wildman–Crippen MR) is 84.1 cm³/mol. The smallest absolute Gasteiger partial charge is 0.138 e. The Morgan fingerprint density at radius 3 is 2.71 bits per heavy atom. The fourth-order valence-corrected chi connectivity index (χ4v) is 2.28. The fraction of sp³-hybridized carbons (Fsp3) is 0.312. The molecule has 1 aromatic heterocycles. The first-order valence-electron chi connectivity index (χ1n) is 6.69. The Bertz CT molecular complexity index is 617. The van der Waals surface area contributed by atoms with Crippen molar-refractivity contribution in [2.75, 3.05) is 14.2 Å². The SMILES string of the molecule is CNCc1ccc(OCc2cc(OC)cc(C)n2)c(Cl)c1. The van der Waals surface area contributed by atoms with Gasteiger partial charge in [-0.1, -0.05) is 17.7 Å². The first kappa shape index (κ1) is 15.6. The summed E-state index contributed by atoms with van der Waals surface area (Å²) < 4.78 is 11.0. The van der Waals surface area contributed by atoms with Crippen LogP contribution in [0.3, 0.4) is 0 Å². The number of hydrogen-bond acceptors (Lipinski definition) is 4. The summed E-state index contributed by atoms with van der Waals surface area (Å²) in [4.78, 5) is 4.42. The molecule has 0 atom stereocenters. The number of pyridine rings is 1. The number of benzene rings is 1. The Hall–Kier alpha value is -1.78. The van der Waals surface area contributed by atoms with Crippen molar-refractivity contribution in [3.8, 4) is 11.5 Å². The third-order valence-electron chi connectivity index (χ3n) is 2.97. The quantitative estimate of drug-likeness (QED) is 0.889. The summed E-state index contributed by atoms with van der Waals surface area (Å²) in [6, 6.07) is 9.50. The van der Waals surface area contributed by atoms with Crippen LogP contribution in [0.2, 0.25) is 5.02 Å². The minimum atomic E-state index is 0.350. The van der Waals surface area contributed by atoms with Gasteiger partial charge in [0.15, 0.2) is 0 Å². The lowest BCUT2D eigenvalue weighted by molar-refractivity contribution is 0.300. The Morgan fingerprint density at radius 1 is 1.24 bits per heavy atom. The first-order chi connectivity index (χ1) is 10.1. The summed E-state index contributed by atoms with van der Waals surface area (Å²) in [7, 11) is 3.53. The standard InChI is InChI=1S/C16H19ClN2O2/c1-11-6-14(20-3)8-13(19-11)10-21-16-5-4-12(9-18-2)7-15(16)17/h4-8,18H,9-10H2,1-3H3. The average molecular weight is 307 g/mol. The molecule has 0 aliphatic rings. The Kier molecular flexibility index (Phi) is 5.42. The van der Waals surface area contributed by atoms with Gasteiger partial charge in [-0.25, -0.2) is 0 Å². The summed E-state index contributed by atoms with van der Waals surface area (Å²) in [5, 5.41) is 3.68. The molecule has 1 heterocycles. The van der Waals surface area contributed by atoms with Crippen molar-refractivity contribution in [3.05, 3.63) is 52.3 Å². The lowest BCUT2D eigenvalue weighted by atomic mass is 10.2. The van der Waals surface area contributed by atoms with Crippen molar-refractivity contribution >= 4 is 11.6 Å². The predicted octanol–water partition coefficient (Wildman–Crippen LogP) is 3.35. The molecule has 0 fully saturated rings. The van der Waals surface area contributed by atoms with Gasteiger partial charge in [0.2, 0.25) is 0 Å². The molecule has 0 saturated heterocycles. The normalized spacial score (nSPS) is 10.5. The molecule has 5 heteroatoms. The van der Waals surface area contributed by atoms with E-state index in [2.05, 4.69) is 10.3 Å². The molecule has 0 bridgehead atoms. The molecule has 1 N–H and O–H groups in total. The second kappa shape index (κ2) is 7.29. The van der Waals surface area contributed by atoms with Gasteiger partial charge in [0.05, 0.1) is 17.8 Å². The van der Waals surface area contributed by atoms with E-state index in [4.69, 9.17) is 21.1 Å². The maximum Gasteiger partial charge on any atom is 0.138 e. The van der Waals surface area contributed by atoms with Crippen molar-refractivity contribution in [1.29, 1.82) is 0 Å². The van der Waals surface area contributed by atoms with Crippen LogP contribution in [0.25, 0.3) is 0 Å². The minimum Gasteiger partial charge on any atom is -0.497 e. The van der Waals surface area contributed by atoms with Crippen LogP contribution < -0.4 is 14.8 Å². The largest absolute Gasteiger partial charge is 0.497 e. The minimum absolute atomic E-state index is 0.350. The summed E-state index contributed by atoms with van der Waals surface area (Å²) in [5.74, 6) is 1.43. The molecule has 1 aromatic carbocycles. The zero-order valence-corrected chi connectivity index (χ0v) is 13.2. The van der Waals surface area contributed by atoms with Crippen LogP contribution in [-0.4, -0.2) is 19.1 Å². The van der Waals surface area contributed by atoms with Gasteiger partial charge in [0, 0.05) is 24.4 Å². The summed E-state index contributed by atoms with van der Waals surface area (Å²) in [6.07, 6.45) is 0. The number of aryl methyl sites for hydroxylation is 1. The van der Waals surface area contributed by atoms with Gasteiger partial charge in [-0.05, 0) is 31.7 Å². The van der Waals surface area contributed by atoms with E-state index in [1.165, 1.54) is 0 Å². The molecule has 2 rings (SSSR count). The van der Waals surface area contributed by atoms with Crippen LogP contribution in [0.15, 0.2) is 30.3 Å². The number of ether oxygens (including phenoxy) is 2. The number of methoxy groups -OCH3 is 1. The highest BCUT2D eigenvalue weighted by molar-refractivity contribution is 6.32. The van der Waals surface area contributed by atoms with Crippen LogP contribution in [0.1, 0.15) is 17.0 Å². The Morgan fingerprint density at radius 2 is 2.05 bits per heavy atom. The topological polar surface area (TPSA) is 43.4 Å². The number of nitrogens with one attached hydrogen (secondary N) is 1. The lowest BCUT2D eigenvalue weighted by Crippen LogP contribution is -2.05. The van der Waals surface area contributed by atoms with E-state index in [1.54, 1.807) is 7.11 Å². The van der Waals surface area contributed by atoms with Gasteiger partial charge in [0.25, 0.3) is 0 Å². The third kappa shape index (κ3) is 4.34. The van der Waals surface area contributed by atoms with E-state index in [-0.39, 0.29) is 0 Å². The van der Waals surface area contributed by atoms with E-state index < -0.39 is 0 Å². The zero-order chi connectivity index (χ0) is 15.2. The first-order valence-corrected chi connectivity index (χ1v) is 7.07. The second-order valence-corrected chi connectivity index (χ2v) is 5.13.